The smallest absolute Gasteiger partial charge is 0.143 e. The molecule has 0 spiro atoms. The molecular formula is C11H19O2P. The fraction of sp³-hybridized carbons (Fsp3) is 0.636. The quantitative estimate of drug-likeness (QED) is 0.459. The van der Waals surface area contributed by atoms with Crippen LogP contribution >= 0.6 is 8.43 Å². The summed E-state index contributed by atoms with van der Waals surface area (Å²) in [5.41, 5.74) is 0. The molecule has 0 N–H and O–H groups in total. The second-order valence-electron chi connectivity index (χ2n) is 3.46. The molecule has 1 aromatic heterocycles. The van der Waals surface area contributed by atoms with Crippen LogP contribution in [0.25, 0.3) is 0 Å². The molecule has 1 fully saturated rings. The first-order chi connectivity index (χ1) is 7.00. The van der Waals surface area contributed by atoms with Crippen molar-refractivity contribution in [1.29, 1.82) is 0 Å². The average molecular weight is 214 g/mol. The van der Waals surface area contributed by atoms with Gasteiger partial charge in [-0.1, -0.05) is 51.0 Å². The van der Waals surface area contributed by atoms with Crippen LogP contribution in [0.15, 0.2) is 33.1 Å². The molecule has 2 nitrogen and oxygen atoms in total. The molecule has 1 saturated carbocycles. The fourth-order valence-electron chi connectivity index (χ4n) is 1.49. The standard InChI is InChI=1S/C7H14.C4H5O2P/c1-2-4-6-7-5-3-1;1-2-4-7-6-5-3-1/h1-7H2;1-4,7H. The molecule has 0 radical (unpaired) electrons. The van der Waals surface area contributed by atoms with Crippen LogP contribution < -0.4 is 0 Å². The molecular weight excluding hydrogens is 195 g/mol. The van der Waals surface area contributed by atoms with Gasteiger partial charge in [-0.05, 0) is 11.9 Å². The molecule has 1 aliphatic rings. The zero-order valence-corrected chi connectivity index (χ0v) is 9.58. The first kappa shape index (κ1) is 11.5. The molecule has 0 amide bonds. The minimum absolute atomic E-state index is 0.329. The van der Waals surface area contributed by atoms with Gasteiger partial charge in [-0.25, -0.2) is 0 Å². The highest BCUT2D eigenvalue weighted by atomic mass is 31.1. The van der Waals surface area contributed by atoms with Crippen LogP contribution in [0.2, 0.25) is 0 Å². The summed E-state index contributed by atoms with van der Waals surface area (Å²) in [6.07, 6.45) is 12.0. The van der Waals surface area contributed by atoms with Crippen molar-refractivity contribution in [2.24, 2.45) is 0 Å². The van der Waals surface area contributed by atoms with E-state index >= 15 is 0 Å². The molecule has 0 saturated heterocycles. The van der Waals surface area contributed by atoms with Crippen molar-refractivity contribution in [3.8, 4) is 0 Å². The van der Waals surface area contributed by atoms with Crippen LogP contribution in [0.3, 0.4) is 0 Å². The van der Waals surface area contributed by atoms with Crippen molar-refractivity contribution in [3.05, 3.63) is 24.2 Å². The summed E-state index contributed by atoms with van der Waals surface area (Å²) in [6, 6.07) is 3.66. The van der Waals surface area contributed by atoms with E-state index < -0.39 is 0 Å². The Labute approximate surface area is 87.1 Å². The van der Waals surface area contributed by atoms with Crippen molar-refractivity contribution in [2.45, 2.75) is 44.9 Å². The monoisotopic (exact) mass is 214 g/mol. The molecule has 1 heterocycles. The lowest BCUT2D eigenvalue weighted by Crippen LogP contribution is -1.66. The predicted octanol–water partition coefficient (Wildman–Crippen LogP) is 4.76. The number of hydrogen-bond donors (Lipinski definition) is 0. The maximum atomic E-state index is 4.55. The van der Waals surface area contributed by atoms with E-state index in [1.54, 1.807) is 6.07 Å². The Morgan fingerprint density at radius 3 is 1.93 bits per heavy atom. The fourth-order valence-corrected chi connectivity index (χ4v) is 1.85. The topological polar surface area (TPSA) is 26.3 Å². The third-order valence-electron chi connectivity index (χ3n) is 2.26. The van der Waals surface area contributed by atoms with Gasteiger partial charge in [-0.3, -0.25) is 8.93 Å². The molecule has 1 unspecified atom stereocenters. The van der Waals surface area contributed by atoms with Crippen LogP contribution in [-0.2, 0) is 0 Å². The van der Waals surface area contributed by atoms with Gasteiger partial charge in [0.15, 0.2) is 0 Å². The predicted molar refractivity (Wildman–Crippen MR) is 60.4 cm³/mol. The lowest BCUT2D eigenvalue weighted by Gasteiger charge is -1.85. The SMILES string of the molecule is C1CCCCCC1.c1cc[pH]ooc1. The molecule has 0 aromatic carbocycles. The van der Waals surface area contributed by atoms with Gasteiger partial charge in [0.05, 0.1) is 8.43 Å². The van der Waals surface area contributed by atoms with E-state index in [4.69, 9.17) is 0 Å². The van der Waals surface area contributed by atoms with Crippen LogP contribution in [-0.4, -0.2) is 0 Å². The van der Waals surface area contributed by atoms with Crippen LogP contribution in [0, 0.1) is 0 Å². The zero-order chi connectivity index (χ0) is 9.90. The number of rotatable bonds is 0. The van der Waals surface area contributed by atoms with Crippen molar-refractivity contribution in [1.82, 2.24) is 0 Å². The highest BCUT2D eigenvalue weighted by Gasteiger charge is 1.95. The van der Waals surface area contributed by atoms with Crippen molar-refractivity contribution in [2.75, 3.05) is 0 Å². The summed E-state index contributed by atoms with van der Waals surface area (Å²) in [6.45, 7) is 0. The van der Waals surface area contributed by atoms with Gasteiger partial charge in [0.25, 0.3) is 0 Å². The van der Waals surface area contributed by atoms with Gasteiger partial charge >= 0.3 is 0 Å². The second kappa shape index (κ2) is 8.96. The molecule has 2 rings (SSSR count). The van der Waals surface area contributed by atoms with Gasteiger partial charge in [0, 0.05) is 0 Å². The highest BCUT2D eigenvalue weighted by Crippen LogP contribution is 2.15. The van der Waals surface area contributed by atoms with Crippen molar-refractivity contribution >= 4 is 8.43 Å². The summed E-state index contributed by atoms with van der Waals surface area (Å²) < 4.78 is 9.01. The van der Waals surface area contributed by atoms with Gasteiger partial charge in [0.1, 0.15) is 6.26 Å². The molecule has 0 aliphatic heterocycles. The largest absolute Gasteiger partial charge is 0.296 e. The van der Waals surface area contributed by atoms with E-state index in [0.717, 1.165) is 0 Å². The summed E-state index contributed by atoms with van der Waals surface area (Å²) in [4.78, 5) is 0. The Kier molecular flexibility index (Phi) is 7.33. The number of hydrogen-bond acceptors (Lipinski definition) is 2. The van der Waals surface area contributed by atoms with Crippen LogP contribution in [0.5, 0.6) is 0 Å². The first-order valence-electron chi connectivity index (χ1n) is 5.40. The van der Waals surface area contributed by atoms with E-state index in [9.17, 15) is 0 Å². The average Bonchev–Trinajstić information content (AvgIpc) is 2.68. The Morgan fingerprint density at radius 1 is 0.786 bits per heavy atom. The Bertz CT molecular complexity index is 164. The minimum atomic E-state index is 0.329. The second-order valence-corrected chi connectivity index (χ2v) is 4.20. The molecule has 3 heteroatoms. The summed E-state index contributed by atoms with van der Waals surface area (Å²) >= 11 is 0. The maximum absolute atomic E-state index is 4.55. The normalized spacial score (nSPS) is 16.6. The zero-order valence-electron chi connectivity index (χ0n) is 8.58. The third-order valence-corrected chi connectivity index (χ3v) is 2.78. The Morgan fingerprint density at radius 2 is 1.36 bits per heavy atom. The van der Waals surface area contributed by atoms with E-state index in [2.05, 4.69) is 8.93 Å². The molecule has 0 bridgehead atoms. The van der Waals surface area contributed by atoms with E-state index in [0.29, 0.717) is 8.43 Å². The Hall–Kier alpha value is -0.620. The Balaban J connectivity index is 0.000000140. The van der Waals surface area contributed by atoms with E-state index in [1.807, 2.05) is 11.9 Å². The van der Waals surface area contributed by atoms with Gasteiger partial charge in [-0.15, -0.1) is 0 Å². The lowest BCUT2D eigenvalue weighted by molar-refractivity contribution is 0.102. The minimum Gasteiger partial charge on any atom is -0.296 e. The highest BCUT2D eigenvalue weighted by molar-refractivity contribution is 7.21. The van der Waals surface area contributed by atoms with Crippen molar-refractivity contribution in [3.63, 3.8) is 0 Å². The van der Waals surface area contributed by atoms with Crippen LogP contribution in [0.1, 0.15) is 44.9 Å². The molecule has 1 aliphatic carbocycles. The van der Waals surface area contributed by atoms with Crippen LogP contribution in [0.4, 0.5) is 0 Å². The molecule has 14 heavy (non-hydrogen) atoms. The maximum Gasteiger partial charge on any atom is 0.143 e. The summed E-state index contributed by atoms with van der Waals surface area (Å²) in [7, 11) is 0.329. The van der Waals surface area contributed by atoms with E-state index in [-0.39, 0.29) is 0 Å². The van der Waals surface area contributed by atoms with Gasteiger partial charge in [-0.2, -0.15) is 0 Å². The summed E-state index contributed by atoms with van der Waals surface area (Å²) in [5, 5.41) is 0. The molecule has 1 aromatic rings. The first-order valence-corrected chi connectivity index (χ1v) is 6.38. The van der Waals surface area contributed by atoms with Gasteiger partial charge < -0.3 is 0 Å². The van der Waals surface area contributed by atoms with Gasteiger partial charge in [0.2, 0.25) is 0 Å². The van der Waals surface area contributed by atoms with E-state index in [1.165, 1.54) is 51.2 Å². The third kappa shape index (κ3) is 6.85. The molecule has 1 atom stereocenters. The lowest BCUT2D eigenvalue weighted by atomic mass is 10.2. The molecule has 80 valence electrons. The van der Waals surface area contributed by atoms with Crippen molar-refractivity contribution < 1.29 is 8.93 Å². The summed E-state index contributed by atoms with van der Waals surface area (Å²) in [5.74, 6) is 1.89.